The molecule has 1 aliphatic rings. The van der Waals surface area contributed by atoms with E-state index in [9.17, 15) is 9.59 Å². The van der Waals surface area contributed by atoms with Crippen LogP contribution in [0, 0.1) is 11.8 Å². The Hall–Kier alpha value is -2.04. The first-order valence-electron chi connectivity index (χ1n) is 9.74. The van der Waals surface area contributed by atoms with Gasteiger partial charge in [0.1, 0.15) is 5.75 Å². The van der Waals surface area contributed by atoms with Crippen molar-refractivity contribution in [1.29, 1.82) is 0 Å². The average Bonchev–Trinajstić information content (AvgIpc) is 2.66. The molecule has 1 heterocycles. The summed E-state index contributed by atoms with van der Waals surface area (Å²) in [6, 6.07) is 7.53. The maximum atomic E-state index is 12.7. The molecule has 0 bridgehead atoms. The third kappa shape index (κ3) is 5.48. The molecule has 0 aliphatic carbocycles. The van der Waals surface area contributed by atoms with Crippen molar-refractivity contribution in [2.45, 2.75) is 53.0 Å². The normalized spacial score (nSPS) is 16.4. The van der Waals surface area contributed by atoms with Crippen LogP contribution in [0.2, 0.25) is 0 Å². The molecule has 0 spiro atoms. The molecular formula is C21H32N2O3. The monoisotopic (exact) mass is 360 g/mol. The minimum Gasteiger partial charge on any atom is -0.494 e. The number of benzene rings is 1. The predicted octanol–water partition coefficient (Wildman–Crippen LogP) is 3.49. The molecule has 26 heavy (non-hydrogen) atoms. The highest BCUT2D eigenvalue weighted by atomic mass is 16.5. The van der Waals surface area contributed by atoms with Crippen LogP contribution < -0.4 is 10.1 Å². The van der Waals surface area contributed by atoms with E-state index in [0.717, 1.165) is 12.2 Å². The Bertz CT molecular complexity index is 607. The molecule has 1 N–H and O–H groups in total. The molecule has 5 nitrogen and oxygen atoms in total. The van der Waals surface area contributed by atoms with E-state index in [4.69, 9.17) is 4.74 Å². The molecule has 1 aromatic rings. The van der Waals surface area contributed by atoms with Gasteiger partial charge in [0, 0.05) is 30.6 Å². The second kappa shape index (κ2) is 9.60. The lowest BCUT2D eigenvalue weighted by atomic mass is 9.94. The fraction of sp³-hybridized carbons (Fsp3) is 0.619. The summed E-state index contributed by atoms with van der Waals surface area (Å²) in [6.45, 7) is 10.2. The number of rotatable bonds is 7. The van der Waals surface area contributed by atoms with Crippen molar-refractivity contribution in [2.75, 3.05) is 19.7 Å². The third-order valence-electron chi connectivity index (χ3n) is 5.08. The first-order valence-corrected chi connectivity index (χ1v) is 9.74. The van der Waals surface area contributed by atoms with E-state index in [1.807, 2.05) is 30.0 Å². The van der Waals surface area contributed by atoms with Crippen LogP contribution in [-0.4, -0.2) is 42.5 Å². The number of carbonyl (C=O) groups excluding carboxylic acids is 2. The van der Waals surface area contributed by atoms with Crippen molar-refractivity contribution in [1.82, 2.24) is 10.2 Å². The van der Waals surface area contributed by atoms with Gasteiger partial charge in [-0.1, -0.05) is 26.8 Å². The van der Waals surface area contributed by atoms with Gasteiger partial charge >= 0.3 is 0 Å². The molecule has 2 amide bonds. The van der Waals surface area contributed by atoms with E-state index < -0.39 is 0 Å². The minimum absolute atomic E-state index is 0.000489. The Morgan fingerprint density at radius 1 is 1.23 bits per heavy atom. The molecular weight excluding hydrogens is 328 g/mol. The lowest BCUT2D eigenvalue weighted by molar-refractivity contribution is -0.127. The van der Waals surface area contributed by atoms with Gasteiger partial charge in [-0.2, -0.15) is 0 Å². The summed E-state index contributed by atoms with van der Waals surface area (Å²) >= 11 is 0. The molecule has 1 atom stereocenters. The zero-order valence-electron chi connectivity index (χ0n) is 16.5. The summed E-state index contributed by atoms with van der Waals surface area (Å²) in [4.78, 5) is 27.0. The van der Waals surface area contributed by atoms with Gasteiger partial charge in [0.05, 0.1) is 6.61 Å². The summed E-state index contributed by atoms with van der Waals surface area (Å²) in [6.07, 6.45) is 2.37. The Kier molecular flexibility index (Phi) is 7.49. The summed E-state index contributed by atoms with van der Waals surface area (Å²) < 4.78 is 5.61. The van der Waals surface area contributed by atoms with E-state index in [-0.39, 0.29) is 23.8 Å². The molecule has 1 saturated heterocycles. The Balaban J connectivity index is 1.89. The van der Waals surface area contributed by atoms with Crippen molar-refractivity contribution in [3.8, 4) is 5.75 Å². The fourth-order valence-electron chi connectivity index (χ4n) is 2.98. The van der Waals surface area contributed by atoms with Gasteiger partial charge in [0.25, 0.3) is 5.91 Å². The molecule has 1 aliphatic heterocycles. The van der Waals surface area contributed by atoms with Gasteiger partial charge in [0.2, 0.25) is 5.91 Å². The van der Waals surface area contributed by atoms with Crippen LogP contribution in [0.5, 0.6) is 5.75 Å². The number of nitrogens with one attached hydrogen (secondary N) is 1. The minimum atomic E-state index is -0.000489. The van der Waals surface area contributed by atoms with Crippen molar-refractivity contribution >= 4 is 11.8 Å². The molecule has 0 saturated carbocycles. The summed E-state index contributed by atoms with van der Waals surface area (Å²) in [5, 5.41) is 3.09. The van der Waals surface area contributed by atoms with Crippen LogP contribution in [0.3, 0.4) is 0 Å². The van der Waals surface area contributed by atoms with Crippen LogP contribution in [0.25, 0.3) is 0 Å². The van der Waals surface area contributed by atoms with Gasteiger partial charge < -0.3 is 15.0 Å². The molecule has 5 heteroatoms. The highest BCUT2D eigenvalue weighted by Crippen LogP contribution is 2.21. The Morgan fingerprint density at radius 2 is 1.92 bits per heavy atom. The number of amides is 2. The van der Waals surface area contributed by atoms with Crippen molar-refractivity contribution < 1.29 is 14.3 Å². The molecule has 1 unspecified atom stereocenters. The molecule has 2 rings (SSSR count). The van der Waals surface area contributed by atoms with Gasteiger partial charge in [-0.15, -0.1) is 0 Å². The Morgan fingerprint density at radius 3 is 2.54 bits per heavy atom. The van der Waals surface area contributed by atoms with Crippen LogP contribution >= 0.6 is 0 Å². The van der Waals surface area contributed by atoms with E-state index in [1.54, 1.807) is 6.07 Å². The van der Waals surface area contributed by atoms with E-state index in [1.165, 1.54) is 0 Å². The lowest BCUT2D eigenvalue weighted by Crippen LogP contribution is -2.45. The average molecular weight is 360 g/mol. The maximum Gasteiger partial charge on any atom is 0.253 e. The topological polar surface area (TPSA) is 58.6 Å². The quantitative estimate of drug-likeness (QED) is 0.810. The largest absolute Gasteiger partial charge is 0.494 e. The predicted molar refractivity (Wildman–Crippen MR) is 103 cm³/mol. The molecule has 144 valence electrons. The van der Waals surface area contributed by atoms with E-state index in [2.05, 4.69) is 26.1 Å². The Labute approximate surface area is 157 Å². The smallest absolute Gasteiger partial charge is 0.253 e. The lowest BCUT2D eigenvalue weighted by Gasteiger charge is -2.32. The van der Waals surface area contributed by atoms with Crippen LogP contribution in [0.1, 0.15) is 57.3 Å². The first-order chi connectivity index (χ1) is 12.4. The summed E-state index contributed by atoms with van der Waals surface area (Å²) in [7, 11) is 0. The molecule has 1 aromatic carbocycles. The summed E-state index contributed by atoms with van der Waals surface area (Å²) in [5.74, 6) is 1.28. The highest BCUT2D eigenvalue weighted by Gasteiger charge is 2.28. The van der Waals surface area contributed by atoms with Gasteiger partial charge in [-0.05, 0) is 50.3 Å². The van der Waals surface area contributed by atoms with Crippen molar-refractivity contribution in [2.24, 2.45) is 11.8 Å². The van der Waals surface area contributed by atoms with Crippen LogP contribution in [-0.2, 0) is 4.79 Å². The number of piperidine rings is 1. The van der Waals surface area contributed by atoms with E-state index in [0.29, 0.717) is 44.0 Å². The molecule has 0 radical (unpaired) electrons. The second-order valence-corrected chi connectivity index (χ2v) is 7.48. The third-order valence-corrected chi connectivity index (χ3v) is 5.08. The molecule has 0 aromatic heterocycles. The zero-order chi connectivity index (χ0) is 19.1. The number of hydrogen-bond donors (Lipinski definition) is 1. The standard InChI is InChI=1S/C21H32N2O3/c1-5-13-26-19-8-6-7-18(14-19)21(25)23-11-9-17(10-12-23)20(24)22-16(4)15(2)3/h6-8,14-17H,5,9-13H2,1-4H3,(H,22,24). The number of carbonyl (C=O) groups is 2. The number of ether oxygens (including phenoxy) is 1. The SMILES string of the molecule is CCCOc1cccc(C(=O)N2CCC(C(=O)NC(C)C(C)C)CC2)c1. The number of likely N-dealkylation sites (tertiary alicyclic amines) is 1. The van der Waals surface area contributed by atoms with E-state index >= 15 is 0 Å². The first kappa shape index (κ1) is 20.3. The van der Waals surface area contributed by atoms with Gasteiger partial charge in [-0.3, -0.25) is 9.59 Å². The second-order valence-electron chi connectivity index (χ2n) is 7.48. The number of nitrogens with zero attached hydrogens (tertiary/aromatic N) is 1. The van der Waals surface area contributed by atoms with Gasteiger partial charge in [0.15, 0.2) is 0 Å². The van der Waals surface area contributed by atoms with Gasteiger partial charge in [-0.25, -0.2) is 0 Å². The number of hydrogen-bond acceptors (Lipinski definition) is 3. The van der Waals surface area contributed by atoms with Crippen molar-refractivity contribution in [3.05, 3.63) is 29.8 Å². The maximum absolute atomic E-state index is 12.7. The fourth-order valence-corrected chi connectivity index (χ4v) is 2.98. The molecule has 1 fully saturated rings. The highest BCUT2D eigenvalue weighted by molar-refractivity contribution is 5.94. The van der Waals surface area contributed by atoms with Crippen molar-refractivity contribution in [3.63, 3.8) is 0 Å². The summed E-state index contributed by atoms with van der Waals surface area (Å²) in [5.41, 5.74) is 0.648. The zero-order valence-corrected chi connectivity index (χ0v) is 16.5. The van der Waals surface area contributed by atoms with Crippen LogP contribution in [0.4, 0.5) is 0 Å². The van der Waals surface area contributed by atoms with Crippen LogP contribution in [0.15, 0.2) is 24.3 Å².